The summed E-state index contributed by atoms with van der Waals surface area (Å²) in [6.45, 7) is 6.90. The van der Waals surface area contributed by atoms with Crippen LogP contribution in [0.15, 0.2) is 48.5 Å². The maximum absolute atomic E-state index is 13.0. The predicted octanol–water partition coefficient (Wildman–Crippen LogP) is 4.09. The zero-order valence-electron chi connectivity index (χ0n) is 12.1. The van der Waals surface area contributed by atoms with Crippen molar-refractivity contribution in [1.82, 2.24) is 5.32 Å². The largest absolute Gasteiger partial charge is 0.342 e. The van der Waals surface area contributed by atoms with Gasteiger partial charge in [0.2, 0.25) is 0 Å². The molecule has 0 aliphatic rings. The minimum absolute atomic E-state index is 0.203. The summed E-state index contributed by atoms with van der Waals surface area (Å²) in [5, 5.41) is 3.31. The minimum Gasteiger partial charge on any atom is -0.342 e. The Kier molecular flexibility index (Phi) is 5.13. The molecule has 0 fully saturated rings. The summed E-state index contributed by atoms with van der Waals surface area (Å²) in [6.07, 6.45) is 0. The minimum atomic E-state index is -0.203. The van der Waals surface area contributed by atoms with Crippen LogP contribution in [0.4, 0.5) is 15.8 Å². The number of hydrogen-bond acceptors (Lipinski definition) is 2. The summed E-state index contributed by atoms with van der Waals surface area (Å²) >= 11 is 0. The highest BCUT2D eigenvalue weighted by Gasteiger charge is 2.07. The zero-order chi connectivity index (χ0) is 14.4. The third kappa shape index (κ3) is 3.58. The molecule has 2 nitrogen and oxygen atoms in total. The lowest BCUT2D eigenvalue weighted by molar-refractivity contribution is 0.628. The lowest BCUT2D eigenvalue weighted by Gasteiger charge is -2.23. The van der Waals surface area contributed by atoms with Gasteiger partial charge in [0.1, 0.15) is 5.82 Å². The maximum Gasteiger partial charge on any atom is 0.123 e. The summed E-state index contributed by atoms with van der Waals surface area (Å²) in [7, 11) is 0. The van der Waals surface area contributed by atoms with Crippen LogP contribution < -0.4 is 10.2 Å². The van der Waals surface area contributed by atoms with Crippen molar-refractivity contribution in [3.8, 4) is 0 Å². The van der Waals surface area contributed by atoms with Crippen molar-refractivity contribution in [1.29, 1.82) is 0 Å². The van der Waals surface area contributed by atoms with E-state index in [1.807, 2.05) is 12.1 Å². The van der Waals surface area contributed by atoms with Crippen LogP contribution in [0.2, 0.25) is 0 Å². The van der Waals surface area contributed by atoms with Gasteiger partial charge < -0.3 is 10.2 Å². The van der Waals surface area contributed by atoms with Crippen molar-refractivity contribution in [2.24, 2.45) is 0 Å². The average Bonchev–Trinajstić information content (AvgIpc) is 2.49. The Morgan fingerprint density at radius 3 is 1.95 bits per heavy atom. The van der Waals surface area contributed by atoms with E-state index in [1.54, 1.807) is 0 Å². The van der Waals surface area contributed by atoms with E-state index in [4.69, 9.17) is 0 Å². The van der Waals surface area contributed by atoms with Crippen molar-refractivity contribution in [3.63, 3.8) is 0 Å². The lowest BCUT2D eigenvalue weighted by atomic mass is 10.1. The summed E-state index contributed by atoms with van der Waals surface area (Å²) in [5.74, 6) is -0.203. The highest BCUT2D eigenvalue weighted by atomic mass is 19.1. The Hall–Kier alpha value is -1.87. The summed E-state index contributed by atoms with van der Waals surface area (Å²) in [6, 6.07) is 15.1. The van der Waals surface area contributed by atoms with E-state index >= 15 is 0 Å². The Bertz CT molecular complexity index is 520. The molecule has 1 N–H and O–H groups in total. The first-order chi connectivity index (χ1) is 9.74. The molecule has 106 valence electrons. The fraction of sp³-hybridized carbons (Fsp3) is 0.294. The number of nitrogens with one attached hydrogen (secondary N) is 1. The van der Waals surface area contributed by atoms with Crippen LogP contribution in [-0.2, 0) is 6.54 Å². The molecule has 0 unspecified atom stereocenters. The number of hydrogen-bond donors (Lipinski definition) is 1. The lowest BCUT2D eigenvalue weighted by Crippen LogP contribution is -2.16. The zero-order valence-corrected chi connectivity index (χ0v) is 12.1. The summed E-state index contributed by atoms with van der Waals surface area (Å²) in [5.41, 5.74) is 3.40. The third-order valence-electron chi connectivity index (χ3n) is 3.28. The van der Waals surface area contributed by atoms with Gasteiger partial charge in [0.25, 0.3) is 0 Å². The summed E-state index contributed by atoms with van der Waals surface area (Å²) < 4.78 is 13.0. The van der Waals surface area contributed by atoms with Gasteiger partial charge in [0, 0.05) is 24.5 Å². The van der Waals surface area contributed by atoms with E-state index in [1.165, 1.54) is 17.7 Å². The molecular formula is C17H21FN2. The second-order valence-electron chi connectivity index (χ2n) is 4.67. The fourth-order valence-corrected chi connectivity index (χ4v) is 2.20. The predicted molar refractivity (Wildman–Crippen MR) is 82.9 cm³/mol. The third-order valence-corrected chi connectivity index (χ3v) is 3.28. The van der Waals surface area contributed by atoms with Gasteiger partial charge in [-0.15, -0.1) is 0 Å². The van der Waals surface area contributed by atoms with Crippen LogP contribution in [0.5, 0.6) is 0 Å². The molecule has 0 bridgehead atoms. The van der Waals surface area contributed by atoms with Crippen molar-refractivity contribution in [2.45, 2.75) is 20.4 Å². The smallest absolute Gasteiger partial charge is 0.123 e. The second kappa shape index (κ2) is 7.06. The second-order valence-corrected chi connectivity index (χ2v) is 4.67. The van der Waals surface area contributed by atoms with Crippen LogP contribution in [-0.4, -0.2) is 13.1 Å². The monoisotopic (exact) mass is 272 g/mol. The van der Waals surface area contributed by atoms with E-state index in [0.717, 1.165) is 31.0 Å². The number of rotatable bonds is 6. The first kappa shape index (κ1) is 14.5. The van der Waals surface area contributed by atoms with Crippen LogP contribution in [0.3, 0.4) is 0 Å². The van der Waals surface area contributed by atoms with E-state index in [2.05, 4.69) is 48.3 Å². The van der Waals surface area contributed by atoms with Gasteiger partial charge in [-0.2, -0.15) is 0 Å². The molecule has 0 aliphatic carbocycles. The Morgan fingerprint density at radius 2 is 1.45 bits per heavy atom. The molecule has 0 saturated heterocycles. The first-order valence-electron chi connectivity index (χ1n) is 7.07. The molecular weight excluding hydrogens is 251 g/mol. The Labute approximate surface area is 120 Å². The van der Waals surface area contributed by atoms with Gasteiger partial charge in [-0.05, 0) is 55.4 Å². The first-order valence-corrected chi connectivity index (χ1v) is 7.07. The van der Waals surface area contributed by atoms with Gasteiger partial charge in [-0.3, -0.25) is 0 Å². The SMILES string of the molecule is CCNCc1ccc(N(CC)c2ccc(F)cc2)cc1. The van der Waals surface area contributed by atoms with Crippen LogP contribution in [0.1, 0.15) is 19.4 Å². The Morgan fingerprint density at radius 1 is 0.900 bits per heavy atom. The topological polar surface area (TPSA) is 15.3 Å². The molecule has 0 saturated carbocycles. The molecule has 0 radical (unpaired) electrons. The molecule has 2 rings (SSSR count). The quantitative estimate of drug-likeness (QED) is 0.852. The van der Waals surface area contributed by atoms with Crippen LogP contribution in [0.25, 0.3) is 0 Å². The molecule has 0 spiro atoms. The molecule has 0 heterocycles. The van der Waals surface area contributed by atoms with Gasteiger partial charge >= 0.3 is 0 Å². The standard InChI is InChI=1S/C17H21FN2/c1-3-19-13-14-5-9-16(10-6-14)20(4-2)17-11-7-15(18)8-12-17/h5-12,19H,3-4,13H2,1-2H3. The van der Waals surface area contributed by atoms with Gasteiger partial charge in [0.05, 0.1) is 0 Å². The molecule has 0 amide bonds. The molecule has 2 aromatic carbocycles. The average molecular weight is 272 g/mol. The van der Waals surface area contributed by atoms with Crippen molar-refractivity contribution in [3.05, 3.63) is 59.9 Å². The number of anilines is 2. The van der Waals surface area contributed by atoms with E-state index in [0.29, 0.717) is 0 Å². The van der Waals surface area contributed by atoms with Crippen molar-refractivity contribution < 1.29 is 4.39 Å². The molecule has 0 aliphatic heterocycles. The van der Waals surface area contributed by atoms with Gasteiger partial charge in [-0.1, -0.05) is 19.1 Å². The van der Waals surface area contributed by atoms with Gasteiger partial charge in [0.15, 0.2) is 0 Å². The van der Waals surface area contributed by atoms with E-state index < -0.39 is 0 Å². The van der Waals surface area contributed by atoms with Crippen LogP contribution >= 0.6 is 0 Å². The van der Waals surface area contributed by atoms with Crippen molar-refractivity contribution in [2.75, 3.05) is 18.0 Å². The maximum atomic E-state index is 13.0. The van der Waals surface area contributed by atoms with E-state index in [-0.39, 0.29) is 5.82 Å². The Balaban J connectivity index is 2.17. The van der Waals surface area contributed by atoms with E-state index in [9.17, 15) is 4.39 Å². The number of benzene rings is 2. The highest BCUT2D eigenvalue weighted by Crippen LogP contribution is 2.25. The number of nitrogens with zero attached hydrogens (tertiary/aromatic N) is 1. The molecule has 2 aromatic rings. The van der Waals surface area contributed by atoms with Crippen LogP contribution in [0, 0.1) is 5.82 Å². The molecule has 0 atom stereocenters. The molecule has 3 heteroatoms. The molecule has 0 aromatic heterocycles. The fourth-order valence-electron chi connectivity index (χ4n) is 2.20. The van der Waals surface area contributed by atoms with Crippen molar-refractivity contribution >= 4 is 11.4 Å². The van der Waals surface area contributed by atoms with Gasteiger partial charge in [-0.25, -0.2) is 4.39 Å². The summed E-state index contributed by atoms with van der Waals surface area (Å²) in [4.78, 5) is 2.16. The highest BCUT2D eigenvalue weighted by molar-refractivity contribution is 5.63. The molecule has 20 heavy (non-hydrogen) atoms. The normalized spacial score (nSPS) is 10.6. The number of halogens is 1.